The Balaban J connectivity index is 1.81. The highest BCUT2D eigenvalue weighted by Crippen LogP contribution is 2.20. The number of carboxylic acid groups (broad SMARTS) is 1. The molecule has 1 heterocycles. The van der Waals surface area contributed by atoms with E-state index < -0.39 is 12.1 Å². The number of carboxylic acids is 1. The summed E-state index contributed by atoms with van der Waals surface area (Å²) in [6.45, 7) is 0.529. The molecule has 5 nitrogen and oxygen atoms in total. The van der Waals surface area contributed by atoms with Gasteiger partial charge in [0.1, 0.15) is 0 Å². The van der Waals surface area contributed by atoms with Gasteiger partial charge in [0.25, 0.3) is 0 Å². The minimum Gasteiger partial charge on any atom is -0.481 e. The van der Waals surface area contributed by atoms with Gasteiger partial charge in [-0.2, -0.15) is 0 Å². The van der Waals surface area contributed by atoms with Crippen LogP contribution in [-0.4, -0.2) is 45.7 Å². The Kier molecular flexibility index (Phi) is 9.49. The normalized spacial score (nSPS) is 18.8. The first kappa shape index (κ1) is 21.9. The van der Waals surface area contributed by atoms with Crippen molar-refractivity contribution in [1.82, 2.24) is 4.90 Å². The van der Waals surface area contributed by atoms with Crippen LogP contribution in [0.4, 0.5) is 0 Å². The maximum Gasteiger partial charge on any atom is 0.303 e. The van der Waals surface area contributed by atoms with Gasteiger partial charge >= 0.3 is 5.97 Å². The molecule has 0 saturated carbocycles. The zero-order valence-corrected chi connectivity index (χ0v) is 16.4. The van der Waals surface area contributed by atoms with Crippen molar-refractivity contribution in [2.45, 2.75) is 63.5 Å². The molecule has 1 aliphatic heterocycles. The van der Waals surface area contributed by atoms with Gasteiger partial charge in [-0.25, -0.2) is 0 Å². The highest BCUT2D eigenvalue weighted by molar-refractivity contribution is 5.77. The van der Waals surface area contributed by atoms with E-state index in [1.807, 2.05) is 47.4 Å². The standard InChI is InChI=1S/C23H31NO4/c25-21(16-14-19-9-4-3-5-10-19)17-15-20-11-8-12-22(26)24(20)18-7-2-1-6-13-23(27)28/h2-5,7,9-10,15,17,20-21,25H,1,6,8,11-14,16,18H2,(H,27,28)/t20-,21?/m1/s1. The van der Waals surface area contributed by atoms with E-state index >= 15 is 0 Å². The zero-order chi connectivity index (χ0) is 20.2. The molecule has 5 heteroatoms. The predicted molar refractivity (Wildman–Crippen MR) is 110 cm³/mol. The lowest BCUT2D eigenvalue weighted by atomic mass is 9.99. The number of hydrogen-bond acceptors (Lipinski definition) is 3. The third kappa shape index (κ3) is 8.09. The molecule has 1 fully saturated rings. The highest BCUT2D eigenvalue weighted by Gasteiger charge is 2.25. The molecular formula is C23H31NO4. The van der Waals surface area contributed by atoms with Gasteiger partial charge in [0.05, 0.1) is 12.1 Å². The summed E-state index contributed by atoms with van der Waals surface area (Å²) in [5.74, 6) is -0.648. The van der Waals surface area contributed by atoms with Gasteiger partial charge in [-0.15, -0.1) is 0 Å². The second-order valence-corrected chi connectivity index (χ2v) is 7.24. The van der Waals surface area contributed by atoms with E-state index in [1.165, 1.54) is 5.56 Å². The van der Waals surface area contributed by atoms with Crippen molar-refractivity contribution in [2.75, 3.05) is 6.54 Å². The first-order chi connectivity index (χ1) is 13.6. The van der Waals surface area contributed by atoms with Crippen molar-refractivity contribution in [3.63, 3.8) is 0 Å². The monoisotopic (exact) mass is 385 g/mol. The Hall–Kier alpha value is -2.40. The van der Waals surface area contributed by atoms with Gasteiger partial charge in [-0.1, -0.05) is 54.6 Å². The fourth-order valence-electron chi connectivity index (χ4n) is 3.37. The lowest BCUT2D eigenvalue weighted by Crippen LogP contribution is -2.42. The van der Waals surface area contributed by atoms with Crippen molar-refractivity contribution in [2.24, 2.45) is 0 Å². The summed E-state index contributed by atoms with van der Waals surface area (Å²) in [6, 6.07) is 10.1. The Labute approximate surface area is 167 Å². The minimum absolute atomic E-state index is 0.0105. The highest BCUT2D eigenvalue weighted by atomic mass is 16.4. The molecule has 0 radical (unpaired) electrons. The number of aliphatic hydroxyl groups is 1. The molecule has 2 N–H and O–H groups in total. The lowest BCUT2D eigenvalue weighted by Gasteiger charge is -2.33. The number of nitrogens with zero attached hydrogens (tertiary/aromatic N) is 1. The summed E-state index contributed by atoms with van der Waals surface area (Å²) in [7, 11) is 0. The number of allylic oxidation sites excluding steroid dienone is 1. The van der Waals surface area contributed by atoms with E-state index in [-0.39, 0.29) is 18.4 Å². The van der Waals surface area contributed by atoms with Crippen LogP contribution in [-0.2, 0) is 16.0 Å². The van der Waals surface area contributed by atoms with Crippen molar-refractivity contribution < 1.29 is 19.8 Å². The van der Waals surface area contributed by atoms with Crippen molar-refractivity contribution in [3.8, 4) is 0 Å². The summed E-state index contributed by atoms with van der Waals surface area (Å²) >= 11 is 0. The second kappa shape index (κ2) is 12.1. The molecule has 152 valence electrons. The van der Waals surface area contributed by atoms with E-state index in [0.29, 0.717) is 32.2 Å². The summed E-state index contributed by atoms with van der Waals surface area (Å²) < 4.78 is 0. The maximum absolute atomic E-state index is 12.3. The van der Waals surface area contributed by atoms with Crippen molar-refractivity contribution in [1.29, 1.82) is 0 Å². The quantitative estimate of drug-likeness (QED) is 0.449. The third-order valence-corrected chi connectivity index (χ3v) is 4.97. The van der Waals surface area contributed by atoms with Crippen LogP contribution in [0, 0.1) is 0 Å². The number of unbranched alkanes of at least 4 members (excludes halogenated alkanes) is 1. The molecule has 0 spiro atoms. The molecule has 1 saturated heterocycles. The van der Waals surface area contributed by atoms with E-state index in [9.17, 15) is 14.7 Å². The largest absolute Gasteiger partial charge is 0.481 e. The molecule has 1 aliphatic rings. The molecule has 0 bridgehead atoms. The number of carbonyl (C=O) groups excluding carboxylic acids is 1. The molecule has 0 aromatic heterocycles. The number of amides is 1. The summed E-state index contributed by atoms with van der Waals surface area (Å²) in [5, 5.41) is 18.9. The Morgan fingerprint density at radius 3 is 2.79 bits per heavy atom. The van der Waals surface area contributed by atoms with Crippen LogP contribution in [0.1, 0.15) is 50.5 Å². The molecule has 28 heavy (non-hydrogen) atoms. The van der Waals surface area contributed by atoms with Crippen LogP contribution in [0.2, 0.25) is 0 Å². The molecule has 1 aromatic rings. The molecule has 1 unspecified atom stereocenters. The molecule has 1 aromatic carbocycles. The number of likely N-dealkylation sites (tertiary alicyclic amines) is 1. The number of rotatable bonds is 11. The molecule has 1 amide bonds. The number of piperidine rings is 1. The topological polar surface area (TPSA) is 77.8 Å². The van der Waals surface area contributed by atoms with Crippen LogP contribution in [0.5, 0.6) is 0 Å². The first-order valence-electron chi connectivity index (χ1n) is 10.1. The van der Waals surface area contributed by atoms with Crippen LogP contribution in [0.3, 0.4) is 0 Å². The molecule has 2 atom stereocenters. The van der Waals surface area contributed by atoms with Crippen LogP contribution in [0.15, 0.2) is 54.6 Å². The number of aryl methyl sites for hydroxylation is 1. The van der Waals surface area contributed by atoms with Crippen LogP contribution < -0.4 is 0 Å². The predicted octanol–water partition coefficient (Wildman–Crippen LogP) is 3.73. The maximum atomic E-state index is 12.3. The first-order valence-corrected chi connectivity index (χ1v) is 10.1. The van der Waals surface area contributed by atoms with Crippen LogP contribution in [0.25, 0.3) is 0 Å². The summed E-state index contributed by atoms with van der Waals surface area (Å²) in [5.41, 5.74) is 1.21. The number of carbonyl (C=O) groups is 2. The Morgan fingerprint density at radius 2 is 2.04 bits per heavy atom. The number of hydrogen-bond donors (Lipinski definition) is 2. The minimum atomic E-state index is -0.782. The molecule has 0 aliphatic carbocycles. The van der Waals surface area contributed by atoms with Gasteiger partial charge in [-0.3, -0.25) is 9.59 Å². The molecule has 2 rings (SSSR count). The number of aliphatic carboxylic acids is 1. The lowest BCUT2D eigenvalue weighted by molar-refractivity contribution is -0.137. The van der Waals surface area contributed by atoms with Gasteiger partial charge in [0, 0.05) is 19.4 Å². The Bertz CT molecular complexity index is 668. The molecular weight excluding hydrogens is 354 g/mol. The third-order valence-electron chi connectivity index (χ3n) is 4.97. The van der Waals surface area contributed by atoms with E-state index in [4.69, 9.17) is 5.11 Å². The van der Waals surface area contributed by atoms with Crippen LogP contribution >= 0.6 is 0 Å². The van der Waals surface area contributed by atoms with Gasteiger partial charge in [0.2, 0.25) is 5.91 Å². The summed E-state index contributed by atoms with van der Waals surface area (Å²) in [4.78, 5) is 24.6. The Morgan fingerprint density at radius 1 is 1.25 bits per heavy atom. The SMILES string of the molecule is O=C(O)CCCC=CCN1C(=O)CCC[C@@H]1C=CC(O)CCc1ccccc1. The fourth-order valence-corrected chi connectivity index (χ4v) is 3.37. The summed E-state index contributed by atoms with van der Waals surface area (Å²) in [6.07, 6.45) is 12.4. The average Bonchev–Trinajstić information content (AvgIpc) is 2.69. The average molecular weight is 386 g/mol. The van der Waals surface area contributed by atoms with E-state index in [0.717, 1.165) is 19.3 Å². The zero-order valence-electron chi connectivity index (χ0n) is 16.4. The smallest absolute Gasteiger partial charge is 0.303 e. The second-order valence-electron chi connectivity index (χ2n) is 7.24. The van der Waals surface area contributed by atoms with Crippen molar-refractivity contribution in [3.05, 3.63) is 60.2 Å². The number of aliphatic hydroxyl groups excluding tert-OH is 1. The number of benzene rings is 1. The van der Waals surface area contributed by atoms with Gasteiger partial charge < -0.3 is 15.1 Å². The van der Waals surface area contributed by atoms with Gasteiger partial charge in [0.15, 0.2) is 0 Å². The van der Waals surface area contributed by atoms with Gasteiger partial charge in [-0.05, 0) is 44.1 Å². The van der Waals surface area contributed by atoms with E-state index in [1.54, 1.807) is 0 Å². The fraction of sp³-hybridized carbons (Fsp3) is 0.478. The van der Waals surface area contributed by atoms with E-state index in [2.05, 4.69) is 12.1 Å². The van der Waals surface area contributed by atoms with Crippen molar-refractivity contribution >= 4 is 11.9 Å².